The number of rotatable bonds is 4. The summed E-state index contributed by atoms with van der Waals surface area (Å²) < 4.78 is 0. The topological polar surface area (TPSA) is 74.0 Å². The van der Waals surface area contributed by atoms with Crippen LogP contribution in [0.25, 0.3) is 0 Å². The van der Waals surface area contributed by atoms with Crippen LogP contribution in [0.1, 0.15) is 33.7 Å². The van der Waals surface area contributed by atoms with Gasteiger partial charge in [-0.3, -0.25) is 9.59 Å². The van der Waals surface area contributed by atoms with Crippen LogP contribution in [0.15, 0.2) is 42.6 Å². The van der Waals surface area contributed by atoms with Crippen molar-refractivity contribution < 1.29 is 9.59 Å². The molecule has 0 saturated heterocycles. The number of aromatic nitrogens is 1. The van der Waals surface area contributed by atoms with Gasteiger partial charge in [0.05, 0.1) is 0 Å². The zero-order chi connectivity index (χ0) is 13.9. The summed E-state index contributed by atoms with van der Waals surface area (Å²) in [5.74, 6) is -0.321. The second kappa shape index (κ2) is 5.21. The molecule has 1 saturated carbocycles. The van der Waals surface area contributed by atoms with E-state index in [-0.39, 0.29) is 11.8 Å². The van der Waals surface area contributed by atoms with Crippen molar-refractivity contribution in [2.75, 3.05) is 5.32 Å². The number of carbonyl (C=O) groups excluding carboxylic acids is 2. The average molecular weight is 269 g/mol. The number of carbonyl (C=O) groups is 2. The van der Waals surface area contributed by atoms with E-state index in [1.807, 2.05) is 0 Å². The minimum Gasteiger partial charge on any atom is -0.357 e. The molecule has 0 atom stereocenters. The van der Waals surface area contributed by atoms with Crippen molar-refractivity contribution in [3.63, 3.8) is 0 Å². The lowest BCUT2D eigenvalue weighted by atomic mass is 10.2. The molecule has 2 aromatic rings. The molecule has 20 heavy (non-hydrogen) atoms. The van der Waals surface area contributed by atoms with E-state index in [9.17, 15) is 9.59 Å². The van der Waals surface area contributed by atoms with E-state index < -0.39 is 0 Å². The van der Waals surface area contributed by atoms with Gasteiger partial charge < -0.3 is 15.6 Å². The van der Waals surface area contributed by atoms with Gasteiger partial charge in [0.2, 0.25) is 0 Å². The van der Waals surface area contributed by atoms with E-state index in [0.29, 0.717) is 23.0 Å². The third-order valence-electron chi connectivity index (χ3n) is 3.14. The number of aromatic amines is 1. The monoisotopic (exact) mass is 269 g/mol. The predicted molar refractivity (Wildman–Crippen MR) is 75.7 cm³/mol. The molecule has 1 heterocycles. The normalized spacial score (nSPS) is 13.8. The SMILES string of the molecule is O=C(NC1CC1)c1cccc(NC(=O)c2ccc[nH]2)c1. The Morgan fingerprint density at radius 2 is 1.95 bits per heavy atom. The molecule has 3 N–H and O–H groups in total. The zero-order valence-corrected chi connectivity index (χ0v) is 10.8. The fraction of sp³-hybridized carbons (Fsp3) is 0.200. The van der Waals surface area contributed by atoms with Gasteiger partial charge in [0.15, 0.2) is 0 Å². The Morgan fingerprint density at radius 1 is 1.10 bits per heavy atom. The van der Waals surface area contributed by atoms with Crippen LogP contribution in [-0.4, -0.2) is 22.8 Å². The second-order valence-corrected chi connectivity index (χ2v) is 4.87. The quantitative estimate of drug-likeness (QED) is 0.795. The molecule has 3 rings (SSSR count). The lowest BCUT2D eigenvalue weighted by Gasteiger charge is -2.07. The van der Waals surface area contributed by atoms with Crippen molar-refractivity contribution in [1.82, 2.24) is 10.3 Å². The molecule has 0 unspecified atom stereocenters. The van der Waals surface area contributed by atoms with Crippen molar-refractivity contribution in [1.29, 1.82) is 0 Å². The summed E-state index contributed by atoms with van der Waals surface area (Å²) in [7, 11) is 0. The Morgan fingerprint density at radius 3 is 2.65 bits per heavy atom. The first-order chi connectivity index (χ1) is 9.72. The maximum absolute atomic E-state index is 11.9. The first kappa shape index (κ1) is 12.5. The number of nitrogens with one attached hydrogen (secondary N) is 3. The number of hydrogen-bond donors (Lipinski definition) is 3. The third-order valence-corrected chi connectivity index (χ3v) is 3.14. The van der Waals surface area contributed by atoms with Gasteiger partial charge in [-0.25, -0.2) is 0 Å². The van der Waals surface area contributed by atoms with Gasteiger partial charge in [-0.05, 0) is 43.2 Å². The molecule has 0 spiro atoms. The van der Waals surface area contributed by atoms with Crippen LogP contribution < -0.4 is 10.6 Å². The molecule has 1 aliphatic rings. The van der Waals surface area contributed by atoms with E-state index in [0.717, 1.165) is 12.8 Å². The molecule has 0 bridgehead atoms. The van der Waals surface area contributed by atoms with E-state index in [1.54, 1.807) is 42.6 Å². The average Bonchev–Trinajstić information content (AvgIpc) is 3.08. The summed E-state index contributed by atoms with van der Waals surface area (Å²) in [5, 5.41) is 5.68. The lowest BCUT2D eigenvalue weighted by Crippen LogP contribution is -2.25. The Kier molecular flexibility index (Phi) is 3.25. The van der Waals surface area contributed by atoms with Crippen molar-refractivity contribution in [3.05, 3.63) is 53.9 Å². The number of amides is 2. The Labute approximate surface area is 116 Å². The van der Waals surface area contributed by atoms with Gasteiger partial charge >= 0.3 is 0 Å². The van der Waals surface area contributed by atoms with Crippen molar-refractivity contribution >= 4 is 17.5 Å². The molecule has 0 radical (unpaired) electrons. The molecular weight excluding hydrogens is 254 g/mol. The van der Waals surface area contributed by atoms with Gasteiger partial charge in [0.1, 0.15) is 5.69 Å². The van der Waals surface area contributed by atoms with Gasteiger partial charge in [-0.15, -0.1) is 0 Å². The van der Waals surface area contributed by atoms with Gasteiger partial charge in [-0.2, -0.15) is 0 Å². The summed E-state index contributed by atoms with van der Waals surface area (Å²) in [5.41, 5.74) is 1.65. The minimum absolute atomic E-state index is 0.0940. The molecule has 0 aliphatic heterocycles. The highest BCUT2D eigenvalue weighted by molar-refractivity contribution is 6.04. The van der Waals surface area contributed by atoms with Crippen molar-refractivity contribution in [3.8, 4) is 0 Å². The summed E-state index contributed by atoms with van der Waals surface area (Å²) in [6.45, 7) is 0. The van der Waals surface area contributed by atoms with Crippen LogP contribution in [0.4, 0.5) is 5.69 Å². The maximum atomic E-state index is 11.9. The second-order valence-electron chi connectivity index (χ2n) is 4.87. The Bertz CT molecular complexity index is 630. The van der Waals surface area contributed by atoms with Crippen LogP contribution >= 0.6 is 0 Å². The van der Waals surface area contributed by atoms with Gasteiger partial charge in [0.25, 0.3) is 11.8 Å². The fourth-order valence-corrected chi connectivity index (χ4v) is 1.90. The van der Waals surface area contributed by atoms with E-state index in [2.05, 4.69) is 15.6 Å². The van der Waals surface area contributed by atoms with E-state index in [4.69, 9.17) is 0 Å². The standard InChI is InChI=1S/C15H15N3O2/c19-14(17-11-6-7-11)10-3-1-4-12(9-10)18-15(20)13-5-2-8-16-13/h1-5,8-9,11,16H,6-7H2,(H,17,19)(H,18,20). The largest absolute Gasteiger partial charge is 0.357 e. The fourth-order valence-electron chi connectivity index (χ4n) is 1.90. The molecular formula is C15H15N3O2. The van der Waals surface area contributed by atoms with E-state index >= 15 is 0 Å². The van der Waals surface area contributed by atoms with Gasteiger partial charge in [-0.1, -0.05) is 6.07 Å². The number of hydrogen-bond acceptors (Lipinski definition) is 2. The first-order valence-corrected chi connectivity index (χ1v) is 6.58. The molecule has 2 amide bonds. The van der Waals surface area contributed by atoms with Crippen molar-refractivity contribution in [2.24, 2.45) is 0 Å². The van der Waals surface area contributed by atoms with Crippen LogP contribution in [0, 0.1) is 0 Å². The number of benzene rings is 1. The Balaban J connectivity index is 1.70. The maximum Gasteiger partial charge on any atom is 0.272 e. The van der Waals surface area contributed by atoms with Crippen LogP contribution in [0.5, 0.6) is 0 Å². The van der Waals surface area contributed by atoms with Crippen LogP contribution in [0.3, 0.4) is 0 Å². The van der Waals surface area contributed by atoms with Crippen LogP contribution in [0.2, 0.25) is 0 Å². The molecule has 1 aliphatic carbocycles. The molecule has 1 aromatic heterocycles. The number of anilines is 1. The lowest BCUT2D eigenvalue weighted by molar-refractivity contribution is 0.0949. The summed E-state index contributed by atoms with van der Waals surface area (Å²) in [4.78, 5) is 26.7. The summed E-state index contributed by atoms with van der Waals surface area (Å²) in [6.07, 6.45) is 3.79. The number of H-pyrrole nitrogens is 1. The third kappa shape index (κ3) is 2.88. The smallest absolute Gasteiger partial charge is 0.272 e. The molecule has 1 aromatic carbocycles. The van der Waals surface area contributed by atoms with Gasteiger partial charge in [0, 0.05) is 23.5 Å². The van der Waals surface area contributed by atoms with Crippen molar-refractivity contribution in [2.45, 2.75) is 18.9 Å². The summed E-state index contributed by atoms with van der Waals surface area (Å²) >= 11 is 0. The highest BCUT2D eigenvalue weighted by Crippen LogP contribution is 2.20. The molecule has 102 valence electrons. The highest BCUT2D eigenvalue weighted by Gasteiger charge is 2.23. The molecule has 5 heteroatoms. The highest BCUT2D eigenvalue weighted by atomic mass is 16.2. The van der Waals surface area contributed by atoms with Crippen LogP contribution in [-0.2, 0) is 0 Å². The summed E-state index contributed by atoms with van der Waals surface area (Å²) in [6, 6.07) is 10.7. The minimum atomic E-state index is -0.227. The van der Waals surface area contributed by atoms with E-state index in [1.165, 1.54) is 0 Å². The first-order valence-electron chi connectivity index (χ1n) is 6.58. The zero-order valence-electron chi connectivity index (χ0n) is 10.8. The predicted octanol–water partition coefficient (Wildman–Crippen LogP) is 2.16. The molecule has 1 fully saturated rings. The Hall–Kier alpha value is -2.56. The molecule has 5 nitrogen and oxygen atoms in total.